The van der Waals surface area contributed by atoms with Crippen molar-refractivity contribution in [3.05, 3.63) is 50.7 Å². The molecule has 172 valence electrons. The van der Waals surface area contributed by atoms with Gasteiger partial charge in [0.1, 0.15) is 5.75 Å². The first-order chi connectivity index (χ1) is 15.4. The molecule has 0 saturated heterocycles. The number of aromatic nitrogens is 4. The maximum atomic E-state index is 13.4. The van der Waals surface area contributed by atoms with Crippen LogP contribution in [-0.2, 0) is 19.6 Å². The minimum Gasteiger partial charge on any atom is -0.497 e. The van der Waals surface area contributed by atoms with Crippen LogP contribution in [0, 0.1) is 5.92 Å². The third-order valence-electron chi connectivity index (χ3n) is 6.17. The summed E-state index contributed by atoms with van der Waals surface area (Å²) in [5, 5.41) is 3.57. The predicted molar refractivity (Wildman–Crippen MR) is 127 cm³/mol. The highest BCUT2D eigenvalue weighted by atomic mass is 16.5. The number of benzene rings is 1. The molecule has 2 heterocycles. The number of ether oxygens (including phenoxy) is 1. The van der Waals surface area contributed by atoms with Gasteiger partial charge in [0.15, 0.2) is 11.2 Å². The molecule has 0 bridgehead atoms. The molecule has 1 saturated carbocycles. The smallest absolute Gasteiger partial charge is 0.332 e. The van der Waals surface area contributed by atoms with Crippen LogP contribution < -0.4 is 21.3 Å². The van der Waals surface area contributed by atoms with E-state index < -0.39 is 0 Å². The Labute approximate surface area is 187 Å². The zero-order valence-corrected chi connectivity index (χ0v) is 19.4. The van der Waals surface area contributed by atoms with Gasteiger partial charge in [-0.3, -0.25) is 18.5 Å². The highest BCUT2D eigenvalue weighted by Crippen LogP contribution is 2.25. The van der Waals surface area contributed by atoms with Crippen LogP contribution in [0.1, 0.15) is 52.0 Å². The van der Waals surface area contributed by atoms with Gasteiger partial charge >= 0.3 is 5.69 Å². The Bertz CT molecular complexity index is 1200. The van der Waals surface area contributed by atoms with Crippen molar-refractivity contribution >= 4 is 17.1 Å². The zero-order chi connectivity index (χ0) is 22.8. The molecule has 0 atom stereocenters. The summed E-state index contributed by atoms with van der Waals surface area (Å²) in [6.07, 6.45) is 4.56. The third kappa shape index (κ3) is 4.18. The Balaban J connectivity index is 1.92. The average Bonchev–Trinajstić information content (AvgIpc) is 3.41. The van der Waals surface area contributed by atoms with Gasteiger partial charge in [0.05, 0.1) is 13.7 Å². The van der Waals surface area contributed by atoms with Gasteiger partial charge in [0, 0.05) is 19.1 Å². The lowest BCUT2D eigenvalue weighted by Gasteiger charge is -2.15. The van der Waals surface area contributed by atoms with Crippen LogP contribution >= 0.6 is 0 Å². The van der Waals surface area contributed by atoms with Crippen molar-refractivity contribution in [1.29, 1.82) is 0 Å². The number of hydrogen-bond acceptors (Lipinski definition) is 5. The van der Waals surface area contributed by atoms with Gasteiger partial charge in [-0.15, -0.1) is 0 Å². The molecule has 1 aromatic carbocycles. The number of fused-ring (bicyclic) bond motifs is 1. The summed E-state index contributed by atoms with van der Waals surface area (Å²) in [5.41, 5.74) is 1.40. The first-order valence-corrected chi connectivity index (χ1v) is 11.6. The molecule has 0 spiro atoms. The van der Waals surface area contributed by atoms with Crippen LogP contribution in [0.25, 0.3) is 11.2 Å². The minimum atomic E-state index is -0.291. The maximum absolute atomic E-state index is 13.4. The number of nitrogens with zero attached hydrogens (tertiary/aromatic N) is 4. The van der Waals surface area contributed by atoms with E-state index in [2.05, 4.69) is 19.2 Å². The lowest BCUT2D eigenvalue weighted by Crippen LogP contribution is -2.40. The molecule has 8 heteroatoms. The topological polar surface area (TPSA) is 83.1 Å². The van der Waals surface area contributed by atoms with E-state index in [0.29, 0.717) is 42.8 Å². The molecule has 0 radical (unpaired) electrons. The minimum absolute atomic E-state index is 0.247. The second-order valence-corrected chi connectivity index (χ2v) is 9.00. The van der Waals surface area contributed by atoms with E-state index >= 15 is 0 Å². The SMILES string of the molecule is CCn1c(=O)c2c(nc(NC3CCCC3)n2Cc2ccc(OC)cc2)n(CC(C)C)c1=O. The Morgan fingerprint density at radius 3 is 2.38 bits per heavy atom. The van der Waals surface area contributed by atoms with Crippen LogP contribution in [0.3, 0.4) is 0 Å². The molecule has 0 unspecified atom stereocenters. The molecule has 3 aromatic rings. The standard InChI is InChI=1S/C24H33N5O3/c1-5-27-22(30)20-21(29(24(27)31)14-16(2)3)26-23(25-18-8-6-7-9-18)28(20)15-17-10-12-19(32-4)13-11-17/h10-13,16,18H,5-9,14-15H2,1-4H3,(H,25,26). The molecule has 0 aliphatic heterocycles. The Kier molecular flexibility index (Phi) is 6.39. The van der Waals surface area contributed by atoms with Crippen LogP contribution in [0.15, 0.2) is 33.9 Å². The van der Waals surface area contributed by atoms with Gasteiger partial charge in [0.25, 0.3) is 5.56 Å². The molecular weight excluding hydrogens is 406 g/mol. The first kappa shape index (κ1) is 22.2. The Hall–Kier alpha value is -3.03. The second kappa shape index (κ2) is 9.22. The van der Waals surface area contributed by atoms with Crippen LogP contribution in [0.4, 0.5) is 5.95 Å². The van der Waals surface area contributed by atoms with Crippen molar-refractivity contribution in [3.8, 4) is 5.75 Å². The van der Waals surface area contributed by atoms with E-state index in [1.807, 2.05) is 35.8 Å². The monoisotopic (exact) mass is 439 g/mol. The Morgan fingerprint density at radius 1 is 1.09 bits per heavy atom. The van der Waals surface area contributed by atoms with E-state index in [9.17, 15) is 9.59 Å². The zero-order valence-electron chi connectivity index (χ0n) is 19.4. The highest BCUT2D eigenvalue weighted by Gasteiger charge is 2.24. The fourth-order valence-electron chi connectivity index (χ4n) is 4.53. The lowest BCUT2D eigenvalue weighted by molar-refractivity contribution is 0.414. The van der Waals surface area contributed by atoms with Gasteiger partial charge in [-0.1, -0.05) is 38.8 Å². The molecule has 32 heavy (non-hydrogen) atoms. The summed E-state index contributed by atoms with van der Waals surface area (Å²) in [6, 6.07) is 8.15. The summed E-state index contributed by atoms with van der Waals surface area (Å²) in [6.45, 7) is 7.27. The summed E-state index contributed by atoms with van der Waals surface area (Å²) in [4.78, 5) is 31.4. The van der Waals surface area contributed by atoms with Crippen molar-refractivity contribution in [2.75, 3.05) is 12.4 Å². The van der Waals surface area contributed by atoms with Crippen molar-refractivity contribution in [2.24, 2.45) is 5.92 Å². The van der Waals surface area contributed by atoms with Crippen LogP contribution in [-0.4, -0.2) is 31.8 Å². The van der Waals surface area contributed by atoms with E-state index in [4.69, 9.17) is 9.72 Å². The lowest BCUT2D eigenvalue weighted by atomic mass is 10.2. The number of nitrogens with one attached hydrogen (secondary N) is 1. The van der Waals surface area contributed by atoms with E-state index in [-0.39, 0.29) is 17.2 Å². The summed E-state index contributed by atoms with van der Waals surface area (Å²) in [5.74, 6) is 1.69. The summed E-state index contributed by atoms with van der Waals surface area (Å²) in [7, 11) is 1.64. The summed E-state index contributed by atoms with van der Waals surface area (Å²) >= 11 is 0. The average molecular weight is 440 g/mol. The molecule has 1 fully saturated rings. The van der Waals surface area contributed by atoms with Gasteiger partial charge in [-0.2, -0.15) is 4.98 Å². The first-order valence-electron chi connectivity index (χ1n) is 11.6. The van der Waals surface area contributed by atoms with Crippen molar-refractivity contribution in [3.63, 3.8) is 0 Å². The maximum Gasteiger partial charge on any atom is 0.332 e. The van der Waals surface area contributed by atoms with Gasteiger partial charge in [-0.05, 0) is 43.4 Å². The fourth-order valence-corrected chi connectivity index (χ4v) is 4.53. The van der Waals surface area contributed by atoms with Gasteiger partial charge in [-0.25, -0.2) is 4.79 Å². The van der Waals surface area contributed by atoms with Crippen molar-refractivity contribution in [2.45, 2.75) is 72.1 Å². The third-order valence-corrected chi connectivity index (χ3v) is 6.17. The van der Waals surface area contributed by atoms with E-state index in [0.717, 1.165) is 24.2 Å². The van der Waals surface area contributed by atoms with Crippen molar-refractivity contribution in [1.82, 2.24) is 18.7 Å². The van der Waals surface area contributed by atoms with E-state index in [1.165, 1.54) is 17.4 Å². The number of anilines is 1. The quantitative estimate of drug-likeness (QED) is 0.581. The predicted octanol–water partition coefficient (Wildman–Crippen LogP) is 3.45. The molecule has 2 aromatic heterocycles. The number of hydrogen-bond donors (Lipinski definition) is 1. The Morgan fingerprint density at radius 2 is 1.78 bits per heavy atom. The van der Waals surface area contributed by atoms with E-state index in [1.54, 1.807) is 11.7 Å². The molecule has 1 N–H and O–H groups in total. The number of imidazole rings is 1. The molecule has 8 nitrogen and oxygen atoms in total. The molecule has 0 amide bonds. The largest absolute Gasteiger partial charge is 0.497 e. The van der Waals surface area contributed by atoms with Crippen molar-refractivity contribution < 1.29 is 4.74 Å². The normalized spacial score (nSPS) is 14.5. The molecule has 4 rings (SSSR count). The number of rotatable bonds is 8. The molecular formula is C24H33N5O3. The molecule has 1 aliphatic rings. The summed E-state index contributed by atoms with van der Waals surface area (Å²) < 4.78 is 10.2. The molecule has 1 aliphatic carbocycles. The van der Waals surface area contributed by atoms with Gasteiger partial charge in [0.2, 0.25) is 5.95 Å². The fraction of sp³-hybridized carbons (Fsp3) is 0.542. The van der Waals surface area contributed by atoms with Gasteiger partial charge < -0.3 is 10.1 Å². The highest BCUT2D eigenvalue weighted by molar-refractivity contribution is 5.74. The van der Waals surface area contributed by atoms with Crippen LogP contribution in [0.2, 0.25) is 0 Å². The number of methoxy groups -OCH3 is 1. The van der Waals surface area contributed by atoms with Crippen LogP contribution in [0.5, 0.6) is 5.75 Å². The second-order valence-electron chi connectivity index (χ2n) is 9.00.